The lowest BCUT2D eigenvalue weighted by Gasteiger charge is -2.17. The summed E-state index contributed by atoms with van der Waals surface area (Å²) in [5.74, 6) is 0.0315. The van der Waals surface area contributed by atoms with Crippen molar-refractivity contribution in [1.29, 1.82) is 0 Å². The van der Waals surface area contributed by atoms with Crippen molar-refractivity contribution in [2.24, 2.45) is 5.92 Å². The average molecular weight is 413 g/mol. The van der Waals surface area contributed by atoms with Gasteiger partial charge in [-0.2, -0.15) is 0 Å². The number of hydrazine groups is 1. The molecule has 1 atom stereocenters. The molecule has 7 nitrogen and oxygen atoms in total. The second kappa shape index (κ2) is 9.38. The molecule has 0 aromatic heterocycles. The molecule has 2 aromatic rings. The molecule has 0 bridgehead atoms. The number of nitrogens with zero attached hydrogens (tertiary/aromatic N) is 1. The van der Waals surface area contributed by atoms with Gasteiger partial charge < -0.3 is 15.0 Å². The zero-order chi connectivity index (χ0) is 20.8. The van der Waals surface area contributed by atoms with Crippen LogP contribution in [0.1, 0.15) is 17.5 Å². The van der Waals surface area contributed by atoms with Gasteiger partial charge in [0.25, 0.3) is 0 Å². The first kappa shape index (κ1) is 20.6. The molecule has 3 rings (SSSR count). The number of ether oxygens (including phenoxy) is 1. The number of thiocarbonyl (C=S) groups is 1. The summed E-state index contributed by atoms with van der Waals surface area (Å²) in [5.41, 5.74) is 8.23. The molecule has 29 heavy (non-hydrogen) atoms. The van der Waals surface area contributed by atoms with Gasteiger partial charge in [-0.25, -0.2) is 0 Å². The molecule has 0 spiro atoms. The van der Waals surface area contributed by atoms with Gasteiger partial charge in [0.15, 0.2) is 5.11 Å². The Labute approximate surface area is 175 Å². The molecule has 2 aromatic carbocycles. The number of anilines is 1. The smallest absolute Gasteiger partial charge is 0.243 e. The summed E-state index contributed by atoms with van der Waals surface area (Å²) >= 11 is 5.19. The van der Waals surface area contributed by atoms with E-state index in [4.69, 9.17) is 17.0 Å². The molecule has 1 heterocycles. The van der Waals surface area contributed by atoms with Crippen molar-refractivity contribution >= 4 is 34.8 Å². The number of aryl methyl sites for hydroxylation is 1. The summed E-state index contributed by atoms with van der Waals surface area (Å²) in [5, 5.41) is 3.32. The van der Waals surface area contributed by atoms with E-state index in [2.05, 4.69) is 16.2 Å². The van der Waals surface area contributed by atoms with Crippen molar-refractivity contribution in [1.82, 2.24) is 16.2 Å². The third-order valence-electron chi connectivity index (χ3n) is 4.75. The van der Waals surface area contributed by atoms with Gasteiger partial charge in [0.2, 0.25) is 11.8 Å². The predicted octanol–water partition coefficient (Wildman–Crippen LogP) is 2.05. The maximum absolute atomic E-state index is 12.4. The van der Waals surface area contributed by atoms with Gasteiger partial charge in [0, 0.05) is 25.2 Å². The van der Waals surface area contributed by atoms with Gasteiger partial charge in [-0.3, -0.25) is 20.4 Å². The second-order valence-electron chi connectivity index (χ2n) is 6.89. The van der Waals surface area contributed by atoms with Crippen molar-refractivity contribution in [3.8, 4) is 5.75 Å². The molecule has 152 valence electrons. The Balaban J connectivity index is 1.44. The highest BCUT2D eigenvalue weighted by molar-refractivity contribution is 7.80. The quantitative estimate of drug-likeness (QED) is 0.515. The number of rotatable bonds is 5. The van der Waals surface area contributed by atoms with Crippen molar-refractivity contribution in [2.45, 2.75) is 19.9 Å². The van der Waals surface area contributed by atoms with Crippen molar-refractivity contribution in [3.05, 3.63) is 59.7 Å². The topological polar surface area (TPSA) is 82.7 Å². The third-order valence-corrected chi connectivity index (χ3v) is 5.00. The summed E-state index contributed by atoms with van der Waals surface area (Å²) in [7, 11) is 1.62. The predicted molar refractivity (Wildman–Crippen MR) is 115 cm³/mol. The number of nitrogens with one attached hydrogen (secondary N) is 3. The van der Waals surface area contributed by atoms with E-state index in [9.17, 15) is 9.59 Å². The SMILES string of the molecule is COc1ccc(CNC(=S)NNC(=O)[C@@H]2CC(=O)N(c3ccc(C)cc3)C2)cc1. The minimum absolute atomic E-state index is 0.0609. The van der Waals surface area contributed by atoms with Gasteiger partial charge in [0.1, 0.15) is 5.75 Å². The zero-order valence-corrected chi connectivity index (χ0v) is 17.2. The molecular formula is C21H24N4O3S. The molecule has 1 saturated heterocycles. The van der Waals surface area contributed by atoms with Gasteiger partial charge >= 0.3 is 0 Å². The standard InChI is InChI=1S/C21H24N4O3S/c1-14-3-7-17(8-4-14)25-13-16(11-19(25)26)20(27)23-24-21(29)22-12-15-5-9-18(28-2)10-6-15/h3-10,16H,11-13H2,1-2H3,(H,23,27)(H2,22,24,29)/t16-/m1/s1. The first-order valence-electron chi connectivity index (χ1n) is 9.30. The van der Waals surface area contributed by atoms with Crippen LogP contribution in [0.3, 0.4) is 0 Å². The Morgan fingerprint density at radius 2 is 1.83 bits per heavy atom. The Hall–Kier alpha value is -3.13. The molecule has 1 fully saturated rings. The lowest BCUT2D eigenvalue weighted by molar-refractivity contribution is -0.126. The van der Waals surface area contributed by atoms with E-state index in [-0.39, 0.29) is 18.2 Å². The van der Waals surface area contributed by atoms with Crippen LogP contribution < -0.4 is 25.8 Å². The summed E-state index contributed by atoms with van der Waals surface area (Å²) in [6.07, 6.45) is 0.174. The molecule has 0 radical (unpaired) electrons. The van der Waals surface area contributed by atoms with Crippen LogP contribution in [0.2, 0.25) is 0 Å². The Morgan fingerprint density at radius 3 is 2.48 bits per heavy atom. The maximum Gasteiger partial charge on any atom is 0.243 e. The van der Waals surface area contributed by atoms with Crippen molar-refractivity contribution in [3.63, 3.8) is 0 Å². The number of benzene rings is 2. The van der Waals surface area contributed by atoms with E-state index in [1.165, 1.54) is 0 Å². The molecule has 1 aliphatic heterocycles. The van der Waals surface area contributed by atoms with Crippen molar-refractivity contribution < 1.29 is 14.3 Å². The van der Waals surface area contributed by atoms with Crippen LogP contribution in [0.25, 0.3) is 0 Å². The molecule has 0 aliphatic carbocycles. The van der Waals surface area contributed by atoms with Gasteiger partial charge in [-0.15, -0.1) is 0 Å². The Bertz CT molecular complexity index is 884. The fourth-order valence-corrected chi connectivity index (χ4v) is 3.17. The van der Waals surface area contributed by atoms with Gasteiger partial charge in [0.05, 0.1) is 13.0 Å². The van der Waals surface area contributed by atoms with E-state index in [1.54, 1.807) is 12.0 Å². The van der Waals surface area contributed by atoms with Crippen LogP contribution in [0.5, 0.6) is 5.75 Å². The molecule has 0 unspecified atom stereocenters. The first-order valence-corrected chi connectivity index (χ1v) is 9.71. The highest BCUT2D eigenvalue weighted by atomic mass is 32.1. The van der Waals surface area contributed by atoms with Gasteiger partial charge in [-0.05, 0) is 49.0 Å². The normalized spacial score (nSPS) is 15.7. The number of carbonyl (C=O) groups is 2. The summed E-state index contributed by atoms with van der Waals surface area (Å²) < 4.78 is 5.12. The van der Waals surface area contributed by atoms with E-state index < -0.39 is 5.92 Å². The monoisotopic (exact) mass is 412 g/mol. The van der Waals surface area contributed by atoms with Crippen LogP contribution in [0.15, 0.2) is 48.5 Å². The van der Waals surface area contributed by atoms with Crippen molar-refractivity contribution in [2.75, 3.05) is 18.6 Å². The Morgan fingerprint density at radius 1 is 1.14 bits per heavy atom. The van der Waals surface area contributed by atoms with Crippen LogP contribution in [-0.4, -0.2) is 30.6 Å². The second-order valence-corrected chi connectivity index (χ2v) is 7.29. The molecule has 1 aliphatic rings. The fraction of sp³-hybridized carbons (Fsp3) is 0.286. The largest absolute Gasteiger partial charge is 0.497 e. The summed E-state index contributed by atoms with van der Waals surface area (Å²) in [4.78, 5) is 26.4. The summed E-state index contributed by atoms with van der Waals surface area (Å²) in [6, 6.07) is 15.3. The fourth-order valence-electron chi connectivity index (χ4n) is 3.05. The first-order chi connectivity index (χ1) is 14.0. The van der Waals surface area contributed by atoms with Crippen LogP contribution in [-0.2, 0) is 16.1 Å². The molecule has 8 heteroatoms. The highest BCUT2D eigenvalue weighted by Crippen LogP contribution is 2.25. The van der Waals surface area contributed by atoms with Crippen LogP contribution in [0, 0.1) is 12.8 Å². The Kier molecular flexibility index (Phi) is 6.66. The summed E-state index contributed by atoms with van der Waals surface area (Å²) in [6.45, 7) is 2.85. The molecule has 2 amide bonds. The maximum atomic E-state index is 12.4. The molecule has 0 saturated carbocycles. The van der Waals surface area contributed by atoms with E-state index in [1.807, 2.05) is 55.5 Å². The minimum Gasteiger partial charge on any atom is -0.497 e. The zero-order valence-electron chi connectivity index (χ0n) is 16.4. The molecular weight excluding hydrogens is 388 g/mol. The lowest BCUT2D eigenvalue weighted by Crippen LogP contribution is -2.48. The number of hydrogen-bond acceptors (Lipinski definition) is 4. The van der Waals surface area contributed by atoms with Crippen LogP contribution in [0.4, 0.5) is 5.69 Å². The van der Waals surface area contributed by atoms with Crippen LogP contribution >= 0.6 is 12.2 Å². The van der Waals surface area contributed by atoms with Gasteiger partial charge in [-0.1, -0.05) is 29.8 Å². The number of amides is 2. The minimum atomic E-state index is -0.430. The van der Waals surface area contributed by atoms with E-state index in [0.29, 0.717) is 18.2 Å². The number of carbonyl (C=O) groups excluding carboxylic acids is 2. The van der Waals surface area contributed by atoms with E-state index >= 15 is 0 Å². The number of methoxy groups -OCH3 is 1. The lowest BCUT2D eigenvalue weighted by atomic mass is 10.1. The number of hydrogen-bond donors (Lipinski definition) is 3. The molecule has 3 N–H and O–H groups in total. The third kappa shape index (κ3) is 5.45. The highest BCUT2D eigenvalue weighted by Gasteiger charge is 2.35. The van der Waals surface area contributed by atoms with E-state index in [0.717, 1.165) is 22.6 Å². The average Bonchev–Trinajstić information content (AvgIpc) is 3.13.